The quantitative estimate of drug-likeness (QED) is 0.358. The van der Waals surface area contributed by atoms with Crippen LogP contribution < -0.4 is 11.2 Å². The summed E-state index contributed by atoms with van der Waals surface area (Å²) in [6.45, 7) is 2.52. The van der Waals surface area contributed by atoms with Crippen molar-refractivity contribution < 1.29 is 5.11 Å². The minimum Gasteiger partial charge on any atom is -0.383 e. The van der Waals surface area contributed by atoms with E-state index in [1.807, 2.05) is 48.5 Å². The lowest BCUT2D eigenvalue weighted by Crippen LogP contribution is -2.30. The molecule has 2 N–H and O–H groups in total. The van der Waals surface area contributed by atoms with E-state index in [0.717, 1.165) is 35.2 Å². The van der Waals surface area contributed by atoms with E-state index in [1.54, 1.807) is 17.8 Å². The van der Waals surface area contributed by atoms with Crippen LogP contribution in [0.25, 0.3) is 11.1 Å². The molecular weight excluding hydrogens is 454 g/mol. The molecule has 176 valence electrons. The van der Waals surface area contributed by atoms with Crippen LogP contribution in [0.2, 0.25) is 5.02 Å². The van der Waals surface area contributed by atoms with Crippen LogP contribution in [0.5, 0.6) is 0 Å². The van der Waals surface area contributed by atoms with Gasteiger partial charge in [0.2, 0.25) is 0 Å². The molecule has 0 unspecified atom stereocenters. The van der Waals surface area contributed by atoms with Crippen molar-refractivity contribution in [3.8, 4) is 11.1 Å². The molecule has 2 heterocycles. The van der Waals surface area contributed by atoms with Gasteiger partial charge in [-0.3, -0.25) is 9.78 Å². The van der Waals surface area contributed by atoms with Gasteiger partial charge in [-0.1, -0.05) is 53.2 Å². The predicted molar refractivity (Wildman–Crippen MR) is 131 cm³/mol. The lowest BCUT2D eigenvalue weighted by Gasteiger charge is -2.27. The second kappa shape index (κ2) is 10.2. The normalized spacial score (nSPS) is 13.0. The van der Waals surface area contributed by atoms with Crippen molar-refractivity contribution in [3.63, 3.8) is 0 Å². The summed E-state index contributed by atoms with van der Waals surface area (Å²) in [5.74, 6) is 0. The Balaban J connectivity index is 1.45. The van der Waals surface area contributed by atoms with Crippen molar-refractivity contribution in [2.45, 2.75) is 44.9 Å². The average Bonchev–Trinajstić information content (AvgIpc) is 3.24. The number of H-pyrrole nitrogens is 1. The molecule has 0 fully saturated rings. The van der Waals surface area contributed by atoms with Gasteiger partial charge in [0.25, 0.3) is 5.56 Å². The third kappa shape index (κ3) is 5.52. The van der Waals surface area contributed by atoms with Crippen molar-refractivity contribution in [1.29, 1.82) is 0 Å². The Labute approximate surface area is 201 Å². The van der Waals surface area contributed by atoms with Crippen molar-refractivity contribution in [2.24, 2.45) is 0 Å². The van der Waals surface area contributed by atoms with Crippen LogP contribution in [-0.2, 0) is 25.1 Å². The molecule has 0 saturated carbocycles. The molecule has 0 aliphatic rings. The number of aromatic nitrogens is 5. The van der Waals surface area contributed by atoms with Crippen LogP contribution in [0.15, 0.2) is 76.6 Å². The summed E-state index contributed by atoms with van der Waals surface area (Å²) in [7, 11) is 0. The number of hydrogen-bond acceptors (Lipinski definition) is 5. The number of nitrogens with zero attached hydrogens (tertiary/aromatic N) is 4. The van der Waals surface area contributed by atoms with Gasteiger partial charge in [-0.25, -0.2) is 9.48 Å². The molecule has 4 aromatic rings. The number of unbranched alkanes of at least 4 members (excludes halogenated alkanes) is 1. The molecule has 0 bridgehead atoms. The Morgan fingerprint density at radius 3 is 2.59 bits per heavy atom. The summed E-state index contributed by atoms with van der Waals surface area (Å²) in [4.78, 5) is 25.2. The van der Waals surface area contributed by atoms with Crippen molar-refractivity contribution >= 4 is 11.6 Å². The first kappa shape index (κ1) is 23.7. The summed E-state index contributed by atoms with van der Waals surface area (Å²) in [5, 5.41) is 20.4. The third-order valence-electron chi connectivity index (χ3n) is 5.80. The monoisotopic (exact) mass is 479 g/mol. The van der Waals surface area contributed by atoms with Crippen molar-refractivity contribution in [2.75, 3.05) is 0 Å². The molecule has 1 atom stereocenters. The van der Waals surface area contributed by atoms with E-state index >= 15 is 0 Å². The molecule has 8 nitrogen and oxygen atoms in total. The highest BCUT2D eigenvalue weighted by Crippen LogP contribution is 2.33. The van der Waals surface area contributed by atoms with Gasteiger partial charge < -0.3 is 9.67 Å². The SMILES string of the molecule is C[C@@](O)(Cn1nncc1CCCCn1ccc(=O)[nH]c1=O)c1ccccc1-c1ccc(Cl)cc1. The zero-order valence-corrected chi connectivity index (χ0v) is 19.6. The fraction of sp³-hybridized carbons (Fsp3) is 0.280. The molecule has 0 aliphatic heterocycles. The van der Waals surface area contributed by atoms with Crippen molar-refractivity contribution in [3.05, 3.63) is 104 Å². The summed E-state index contributed by atoms with van der Waals surface area (Å²) >= 11 is 6.04. The Hall–Kier alpha value is -3.49. The van der Waals surface area contributed by atoms with Gasteiger partial charge in [0.1, 0.15) is 5.60 Å². The first-order chi connectivity index (χ1) is 16.3. The molecule has 0 saturated heterocycles. The van der Waals surface area contributed by atoms with Crippen LogP contribution in [0.3, 0.4) is 0 Å². The third-order valence-corrected chi connectivity index (χ3v) is 6.05. The number of hydrogen-bond donors (Lipinski definition) is 2. The largest absolute Gasteiger partial charge is 0.383 e. The minimum absolute atomic E-state index is 0.242. The Kier molecular flexibility index (Phi) is 7.09. The van der Waals surface area contributed by atoms with Crippen LogP contribution in [0, 0.1) is 0 Å². The smallest absolute Gasteiger partial charge is 0.328 e. The number of aryl methyl sites for hydroxylation is 2. The maximum Gasteiger partial charge on any atom is 0.328 e. The summed E-state index contributed by atoms with van der Waals surface area (Å²) in [5.41, 5.74) is 1.58. The Morgan fingerprint density at radius 1 is 1.06 bits per heavy atom. The molecular formula is C25H26ClN5O3. The van der Waals surface area contributed by atoms with Gasteiger partial charge in [0.05, 0.1) is 18.4 Å². The fourth-order valence-corrected chi connectivity index (χ4v) is 4.15. The predicted octanol–water partition coefficient (Wildman–Crippen LogP) is 3.38. The van der Waals surface area contributed by atoms with Gasteiger partial charge in [-0.05, 0) is 55.0 Å². The highest BCUT2D eigenvalue weighted by atomic mass is 35.5. The number of halogens is 1. The van der Waals surface area contributed by atoms with Gasteiger partial charge in [-0.15, -0.1) is 5.10 Å². The Morgan fingerprint density at radius 2 is 1.82 bits per heavy atom. The van der Waals surface area contributed by atoms with Crippen LogP contribution in [0.4, 0.5) is 0 Å². The number of aliphatic hydroxyl groups is 1. The zero-order valence-electron chi connectivity index (χ0n) is 18.8. The maximum atomic E-state index is 11.8. The van der Waals surface area contributed by atoms with E-state index in [0.29, 0.717) is 18.0 Å². The molecule has 0 aliphatic carbocycles. The molecule has 2 aromatic heterocycles. The van der Waals surface area contributed by atoms with Crippen LogP contribution >= 0.6 is 11.6 Å². The maximum absolute atomic E-state index is 11.8. The summed E-state index contributed by atoms with van der Waals surface area (Å²) < 4.78 is 3.21. The molecule has 34 heavy (non-hydrogen) atoms. The molecule has 9 heteroatoms. The summed E-state index contributed by atoms with van der Waals surface area (Å²) in [6, 6.07) is 16.6. The van der Waals surface area contributed by atoms with E-state index in [-0.39, 0.29) is 6.54 Å². The molecule has 4 rings (SSSR count). The van der Waals surface area contributed by atoms with Crippen LogP contribution in [0.1, 0.15) is 31.0 Å². The molecule has 0 amide bonds. The Bertz CT molecular complexity index is 1370. The van der Waals surface area contributed by atoms with E-state index in [9.17, 15) is 14.7 Å². The first-order valence-corrected chi connectivity index (χ1v) is 11.5. The van der Waals surface area contributed by atoms with Crippen LogP contribution in [-0.4, -0.2) is 29.7 Å². The molecule has 0 spiro atoms. The molecule has 0 radical (unpaired) electrons. The van der Waals surface area contributed by atoms with Gasteiger partial charge in [0.15, 0.2) is 0 Å². The second-order valence-electron chi connectivity index (χ2n) is 8.47. The van der Waals surface area contributed by atoms with Gasteiger partial charge in [0, 0.05) is 23.8 Å². The fourth-order valence-electron chi connectivity index (χ4n) is 4.02. The topological polar surface area (TPSA) is 106 Å². The van der Waals surface area contributed by atoms with E-state index in [1.165, 1.54) is 16.8 Å². The molecule has 2 aromatic carbocycles. The minimum atomic E-state index is -1.19. The first-order valence-electron chi connectivity index (χ1n) is 11.1. The summed E-state index contributed by atoms with van der Waals surface area (Å²) in [6.07, 6.45) is 5.44. The lowest BCUT2D eigenvalue weighted by atomic mass is 9.88. The number of rotatable bonds is 9. The highest BCUT2D eigenvalue weighted by Gasteiger charge is 2.28. The number of nitrogens with one attached hydrogen (secondary N) is 1. The highest BCUT2D eigenvalue weighted by molar-refractivity contribution is 6.30. The standard InChI is InChI=1S/C25H26ClN5O3/c1-25(34,22-8-3-2-7-21(22)18-9-11-19(26)12-10-18)17-31-20(16-27-29-31)6-4-5-14-30-15-13-23(32)28-24(30)33/h2-3,7-13,15-16,34H,4-6,14,17H2,1H3,(H,28,32,33)/t25-/m1/s1. The zero-order chi connectivity index (χ0) is 24.1. The van der Waals surface area contributed by atoms with Gasteiger partial charge >= 0.3 is 5.69 Å². The van der Waals surface area contributed by atoms with E-state index in [4.69, 9.17) is 11.6 Å². The second-order valence-corrected chi connectivity index (χ2v) is 8.91. The number of aromatic amines is 1. The van der Waals surface area contributed by atoms with Gasteiger partial charge in [-0.2, -0.15) is 0 Å². The van der Waals surface area contributed by atoms with E-state index < -0.39 is 16.9 Å². The van der Waals surface area contributed by atoms with E-state index in [2.05, 4.69) is 15.3 Å². The number of benzene rings is 2. The van der Waals surface area contributed by atoms with Crippen molar-refractivity contribution in [1.82, 2.24) is 24.5 Å². The average molecular weight is 480 g/mol. The lowest BCUT2D eigenvalue weighted by molar-refractivity contribution is 0.0337.